The van der Waals surface area contributed by atoms with Crippen LogP contribution in [0.25, 0.3) is 0 Å². The molecule has 0 bridgehead atoms. The molecule has 0 amide bonds. The average molecular weight is 315 g/mol. The second-order valence-electron chi connectivity index (χ2n) is 3.54. The number of benzene rings is 1. The van der Waals surface area contributed by atoms with Crippen LogP contribution in [0, 0.1) is 0 Å². The first-order valence-electron chi connectivity index (χ1n) is 5.16. The van der Waals surface area contributed by atoms with E-state index < -0.39 is 10.0 Å². The molecule has 0 aliphatic rings. The van der Waals surface area contributed by atoms with Gasteiger partial charge in [-0.05, 0) is 24.3 Å². The number of aromatic nitrogens is 1. The van der Waals surface area contributed by atoms with Gasteiger partial charge in [0.1, 0.15) is 10.3 Å². The Hall–Kier alpha value is -1.43. The van der Waals surface area contributed by atoms with Gasteiger partial charge in [-0.1, -0.05) is 41.4 Å². The zero-order chi connectivity index (χ0) is 13.9. The zero-order valence-corrected chi connectivity index (χ0v) is 11.8. The lowest BCUT2D eigenvalue weighted by molar-refractivity contribution is 0.598. The number of sulfonamides is 1. The fraction of sp³-hybridized carbons (Fsp3) is 0. The molecular weight excluding hydrogens is 307 g/mol. The molecule has 98 valence electrons. The highest BCUT2D eigenvalue weighted by Gasteiger charge is 2.14. The van der Waals surface area contributed by atoms with Gasteiger partial charge in [0, 0.05) is 11.8 Å². The Morgan fingerprint density at radius 3 is 2.47 bits per heavy atom. The predicted octanol–water partition coefficient (Wildman–Crippen LogP) is 3.11. The van der Waals surface area contributed by atoms with Gasteiger partial charge < -0.3 is 0 Å². The maximum Gasteiger partial charge on any atom is 0.283 e. The molecular formula is C12H8Cl2N2O2S. The largest absolute Gasteiger partial charge is 0.283 e. The summed E-state index contributed by atoms with van der Waals surface area (Å²) in [5, 5.41) is 0.0520. The molecule has 2 rings (SSSR count). The van der Waals surface area contributed by atoms with Crippen LogP contribution >= 0.6 is 23.2 Å². The van der Waals surface area contributed by atoms with E-state index in [1.165, 1.54) is 30.5 Å². The average Bonchev–Trinajstić information content (AvgIpc) is 2.39. The lowest BCUT2D eigenvalue weighted by Gasteiger charge is -2.01. The van der Waals surface area contributed by atoms with E-state index in [0.29, 0.717) is 5.56 Å². The van der Waals surface area contributed by atoms with Crippen LogP contribution in [-0.2, 0) is 10.0 Å². The standard InChI is InChI=1S/C12H8Cl2N2O2S/c13-11-8-9(6-7-15-11)12(14)16-19(17,18)10-4-2-1-3-5-10/h1-8H. The van der Waals surface area contributed by atoms with Gasteiger partial charge in [0.2, 0.25) is 0 Å². The van der Waals surface area contributed by atoms with E-state index in [-0.39, 0.29) is 15.2 Å². The summed E-state index contributed by atoms with van der Waals surface area (Å²) in [6.07, 6.45) is 1.42. The second-order valence-corrected chi connectivity index (χ2v) is 5.89. The maximum atomic E-state index is 12.0. The van der Waals surface area contributed by atoms with Crippen molar-refractivity contribution in [3.05, 3.63) is 59.4 Å². The predicted molar refractivity (Wildman–Crippen MR) is 75.3 cm³/mol. The molecule has 0 saturated carbocycles. The molecule has 0 fully saturated rings. The van der Waals surface area contributed by atoms with E-state index in [1.807, 2.05) is 0 Å². The highest BCUT2D eigenvalue weighted by atomic mass is 35.5. The normalized spacial score (nSPS) is 12.4. The van der Waals surface area contributed by atoms with Crippen LogP contribution in [-0.4, -0.2) is 18.6 Å². The maximum absolute atomic E-state index is 12.0. The molecule has 0 spiro atoms. The number of rotatable bonds is 3. The van der Waals surface area contributed by atoms with Crippen molar-refractivity contribution in [2.24, 2.45) is 4.40 Å². The monoisotopic (exact) mass is 314 g/mol. The van der Waals surface area contributed by atoms with Crippen molar-refractivity contribution in [2.75, 3.05) is 0 Å². The Morgan fingerprint density at radius 1 is 1.16 bits per heavy atom. The number of nitrogens with zero attached hydrogens (tertiary/aromatic N) is 2. The molecule has 7 heteroatoms. The van der Waals surface area contributed by atoms with E-state index in [0.717, 1.165) is 0 Å². The lowest BCUT2D eigenvalue weighted by atomic mass is 10.3. The molecule has 4 nitrogen and oxygen atoms in total. The summed E-state index contributed by atoms with van der Waals surface area (Å²) in [7, 11) is -3.83. The molecule has 0 N–H and O–H groups in total. The van der Waals surface area contributed by atoms with Crippen molar-refractivity contribution in [2.45, 2.75) is 4.90 Å². The summed E-state index contributed by atoms with van der Waals surface area (Å²) in [6.45, 7) is 0. The van der Waals surface area contributed by atoms with Crippen LogP contribution in [0.5, 0.6) is 0 Å². The Kier molecular flexibility index (Phi) is 4.19. The molecule has 0 saturated heterocycles. The molecule has 1 aromatic heterocycles. The van der Waals surface area contributed by atoms with Crippen LogP contribution in [0.4, 0.5) is 0 Å². The molecule has 2 aromatic rings. The Bertz CT molecular complexity index is 716. The number of halogens is 2. The first-order valence-corrected chi connectivity index (χ1v) is 7.36. The molecule has 0 unspecified atom stereocenters. The van der Waals surface area contributed by atoms with Crippen molar-refractivity contribution < 1.29 is 8.42 Å². The first-order chi connectivity index (χ1) is 8.99. The topological polar surface area (TPSA) is 59.4 Å². The van der Waals surface area contributed by atoms with Crippen molar-refractivity contribution >= 4 is 38.4 Å². The van der Waals surface area contributed by atoms with E-state index in [9.17, 15) is 8.42 Å². The van der Waals surface area contributed by atoms with Crippen LogP contribution in [0.15, 0.2) is 58.0 Å². The fourth-order valence-electron chi connectivity index (χ4n) is 1.33. The van der Waals surface area contributed by atoms with Gasteiger partial charge in [-0.25, -0.2) is 4.98 Å². The molecule has 0 atom stereocenters. The Labute approximate surface area is 120 Å². The molecule has 19 heavy (non-hydrogen) atoms. The first kappa shape index (κ1) is 14.0. The Balaban J connectivity index is 2.41. The van der Waals surface area contributed by atoms with Gasteiger partial charge in [-0.15, -0.1) is 4.40 Å². The third kappa shape index (κ3) is 3.53. The third-order valence-corrected chi connectivity index (χ3v) is 4.11. The smallest absolute Gasteiger partial charge is 0.245 e. The number of hydrogen-bond donors (Lipinski definition) is 0. The van der Waals surface area contributed by atoms with Gasteiger partial charge in [0.05, 0.1) is 4.90 Å². The van der Waals surface area contributed by atoms with Crippen molar-refractivity contribution in [3.8, 4) is 0 Å². The summed E-state index contributed by atoms with van der Waals surface area (Å²) in [5.41, 5.74) is 0.390. The molecule has 1 heterocycles. The molecule has 0 aliphatic carbocycles. The van der Waals surface area contributed by atoms with Crippen molar-refractivity contribution in [1.82, 2.24) is 4.98 Å². The SMILES string of the molecule is O=S(=O)(N=C(Cl)c1ccnc(Cl)c1)c1ccccc1. The van der Waals surface area contributed by atoms with Gasteiger partial charge >= 0.3 is 0 Å². The van der Waals surface area contributed by atoms with Crippen molar-refractivity contribution in [3.63, 3.8) is 0 Å². The zero-order valence-electron chi connectivity index (χ0n) is 9.49. The van der Waals surface area contributed by atoms with Crippen LogP contribution < -0.4 is 0 Å². The minimum Gasteiger partial charge on any atom is -0.245 e. The highest BCUT2D eigenvalue weighted by molar-refractivity contribution is 7.90. The number of hydrogen-bond acceptors (Lipinski definition) is 3. The van der Waals surface area contributed by atoms with Gasteiger partial charge in [-0.3, -0.25) is 0 Å². The van der Waals surface area contributed by atoms with E-state index in [1.54, 1.807) is 18.2 Å². The lowest BCUT2D eigenvalue weighted by Crippen LogP contribution is -2.01. The van der Waals surface area contributed by atoms with E-state index >= 15 is 0 Å². The molecule has 1 aromatic carbocycles. The highest BCUT2D eigenvalue weighted by Crippen LogP contribution is 2.16. The summed E-state index contributed by atoms with van der Waals surface area (Å²) in [4.78, 5) is 3.86. The summed E-state index contributed by atoms with van der Waals surface area (Å²) < 4.78 is 27.5. The second kappa shape index (κ2) is 5.69. The number of pyridine rings is 1. The van der Waals surface area contributed by atoms with Crippen LogP contribution in [0.3, 0.4) is 0 Å². The van der Waals surface area contributed by atoms with Gasteiger partial charge in [0.15, 0.2) is 0 Å². The minimum absolute atomic E-state index is 0.0771. The van der Waals surface area contributed by atoms with Crippen LogP contribution in [0.2, 0.25) is 5.15 Å². The Morgan fingerprint density at radius 2 is 1.84 bits per heavy atom. The fourth-order valence-corrected chi connectivity index (χ4v) is 2.82. The third-order valence-electron chi connectivity index (χ3n) is 2.21. The minimum atomic E-state index is -3.83. The van der Waals surface area contributed by atoms with Gasteiger partial charge in [0.25, 0.3) is 10.0 Å². The quantitative estimate of drug-likeness (QED) is 0.646. The summed E-state index contributed by atoms with van der Waals surface area (Å²) >= 11 is 11.6. The van der Waals surface area contributed by atoms with Crippen LogP contribution in [0.1, 0.15) is 5.56 Å². The molecule has 0 radical (unpaired) electrons. The van der Waals surface area contributed by atoms with E-state index in [2.05, 4.69) is 9.38 Å². The van der Waals surface area contributed by atoms with Gasteiger partial charge in [-0.2, -0.15) is 8.42 Å². The van der Waals surface area contributed by atoms with Crippen molar-refractivity contribution in [1.29, 1.82) is 0 Å². The summed E-state index contributed by atoms with van der Waals surface area (Å²) in [6, 6.07) is 10.8. The van der Waals surface area contributed by atoms with E-state index in [4.69, 9.17) is 23.2 Å². The molecule has 0 aliphatic heterocycles. The summed E-state index contributed by atoms with van der Waals surface area (Å²) in [5.74, 6) is 0.